The molecular formula is C9H16Br2Si. The minimum atomic E-state index is -0.971. The van der Waals surface area contributed by atoms with Crippen LogP contribution in [0.2, 0.25) is 25.2 Å². The standard InChI is InChI=1S/C9H16Br2Si/c1-4-5-12(2,3)7-8-6-9(8,10)11/h4,8H,1,5-7H2,2-3H3/t8-/m1/s1. The van der Waals surface area contributed by atoms with Crippen molar-refractivity contribution in [2.24, 2.45) is 5.92 Å². The van der Waals surface area contributed by atoms with Crippen LogP contribution in [0.25, 0.3) is 0 Å². The fourth-order valence-electron chi connectivity index (χ4n) is 1.63. The van der Waals surface area contributed by atoms with Gasteiger partial charge in [-0.15, -0.1) is 6.58 Å². The average molecular weight is 312 g/mol. The molecular weight excluding hydrogens is 296 g/mol. The molecule has 0 aromatic carbocycles. The van der Waals surface area contributed by atoms with Gasteiger partial charge in [-0.3, -0.25) is 0 Å². The maximum atomic E-state index is 3.82. The number of alkyl halides is 2. The van der Waals surface area contributed by atoms with E-state index in [-0.39, 0.29) is 0 Å². The van der Waals surface area contributed by atoms with Crippen molar-refractivity contribution in [3.05, 3.63) is 12.7 Å². The summed E-state index contributed by atoms with van der Waals surface area (Å²) in [4.78, 5) is 0. The molecule has 70 valence electrons. The van der Waals surface area contributed by atoms with Gasteiger partial charge < -0.3 is 0 Å². The zero-order valence-electron chi connectivity index (χ0n) is 7.74. The third-order valence-corrected chi connectivity index (χ3v) is 7.39. The number of allylic oxidation sites excluding steroid dienone is 1. The second-order valence-electron chi connectivity index (χ2n) is 4.52. The lowest BCUT2D eigenvalue weighted by atomic mass is 10.5. The molecule has 3 heteroatoms. The molecule has 0 spiro atoms. The monoisotopic (exact) mass is 310 g/mol. The highest BCUT2D eigenvalue weighted by Crippen LogP contribution is 2.59. The Morgan fingerprint density at radius 2 is 2.08 bits per heavy atom. The summed E-state index contributed by atoms with van der Waals surface area (Å²) in [5.74, 6) is 0.860. The topological polar surface area (TPSA) is 0 Å². The summed E-state index contributed by atoms with van der Waals surface area (Å²) in [6, 6.07) is 2.66. The first-order valence-electron chi connectivity index (χ1n) is 4.36. The molecule has 0 bridgehead atoms. The molecule has 1 atom stereocenters. The lowest BCUT2D eigenvalue weighted by Crippen LogP contribution is -2.25. The molecule has 0 nitrogen and oxygen atoms in total. The lowest BCUT2D eigenvalue weighted by molar-refractivity contribution is 0.941. The summed E-state index contributed by atoms with van der Waals surface area (Å²) in [5, 5.41) is 0. The van der Waals surface area contributed by atoms with E-state index in [1.807, 2.05) is 0 Å². The second-order valence-corrected chi connectivity index (χ2v) is 13.6. The van der Waals surface area contributed by atoms with Gasteiger partial charge in [0, 0.05) is 0 Å². The predicted octanol–water partition coefficient (Wildman–Crippen LogP) is 4.39. The molecule has 1 fully saturated rings. The maximum Gasteiger partial charge on any atom is 0.0835 e. The molecule has 0 saturated heterocycles. The van der Waals surface area contributed by atoms with Crippen LogP contribution >= 0.6 is 31.9 Å². The number of hydrogen-bond acceptors (Lipinski definition) is 0. The van der Waals surface area contributed by atoms with Gasteiger partial charge in [0.05, 0.1) is 11.3 Å². The molecule has 1 rings (SSSR count). The van der Waals surface area contributed by atoms with Crippen molar-refractivity contribution in [2.45, 2.75) is 34.8 Å². The van der Waals surface area contributed by atoms with Gasteiger partial charge in [-0.05, 0) is 18.4 Å². The van der Waals surface area contributed by atoms with E-state index in [1.165, 1.54) is 18.5 Å². The molecule has 1 aliphatic carbocycles. The molecule has 0 N–H and O–H groups in total. The molecule has 0 aromatic rings. The Morgan fingerprint density at radius 1 is 1.58 bits per heavy atom. The summed E-state index contributed by atoms with van der Waals surface area (Å²) < 4.78 is 0.297. The van der Waals surface area contributed by atoms with Crippen molar-refractivity contribution >= 4 is 39.9 Å². The quantitative estimate of drug-likeness (QED) is 0.410. The molecule has 0 heterocycles. The van der Waals surface area contributed by atoms with Gasteiger partial charge in [0.2, 0.25) is 0 Å². The molecule has 0 aromatic heterocycles. The molecule has 0 amide bonds. The van der Waals surface area contributed by atoms with Gasteiger partial charge in [0.1, 0.15) is 0 Å². The normalized spacial score (nSPS) is 26.8. The van der Waals surface area contributed by atoms with Crippen molar-refractivity contribution in [2.75, 3.05) is 0 Å². The molecule has 0 aliphatic heterocycles. The minimum Gasteiger partial charge on any atom is -0.103 e. The van der Waals surface area contributed by atoms with Gasteiger partial charge in [0.25, 0.3) is 0 Å². The Bertz CT molecular complexity index is 187. The Morgan fingerprint density at radius 3 is 2.42 bits per heavy atom. The summed E-state index contributed by atoms with van der Waals surface area (Å²) in [6.07, 6.45) is 3.37. The predicted molar refractivity (Wildman–Crippen MR) is 66.0 cm³/mol. The zero-order chi connectivity index (χ0) is 9.41. The smallest absolute Gasteiger partial charge is 0.0835 e. The van der Waals surface area contributed by atoms with Crippen molar-refractivity contribution in [1.82, 2.24) is 0 Å². The summed E-state index contributed by atoms with van der Waals surface area (Å²) >= 11 is 7.34. The van der Waals surface area contributed by atoms with Gasteiger partial charge in [-0.2, -0.15) is 0 Å². The van der Waals surface area contributed by atoms with Gasteiger partial charge >= 0.3 is 0 Å². The fraction of sp³-hybridized carbons (Fsp3) is 0.778. The van der Waals surface area contributed by atoms with E-state index in [0.29, 0.717) is 3.23 Å². The number of halogens is 2. The van der Waals surface area contributed by atoms with Gasteiger partial charge in [0.15, 0.2) is 0 Å². The average Bonchev–Trinajstić information content (AvgIpc) is 2.36. The van der Waals surface area contributed by atoms with Crippen LogP contribution in [0, 0.1) is 5.92 Å². The van der Waals surface area contributed by atoms with E-state index in [1.54, 1.807) is 0 Å². The summed E-state index contributed by atoms with van der Waals surface area (Å²) in [7, 11) is -0.971. The SMILES string of the molecule is C=CC[Si](C)(C)C[C@H]1CC1(Br)Br. The molecule has 1 saturated carbocycles. The fourth-order valence-corrected chi connectivity index (χ4v) is 6.11. The first kappa shape index (κ1) is 11.0. The highest BCUT2D eigenvalue weighted by Gasteiger charge is 2.51. The number of hydrogen-bond donors (Lipinski definition) is 0. The third kappa shape index (κ3) is 3.00. The van der Waals surface area contributed by atoms with Crippen molar-refractivity contribution in [3.63, 3.8) is 0 Å². The molecule has 12 heavy (non-hydrogen) atoms. The first-order chi connectivity index (χ1) is 5.37. The van der Waals surface area contributed by atoms with Crippen LogP contribution in [0.1, 0.15) is 6.42 Å². The van der Waals surface area contributed by atoms with Crippen LogP contribution in [-0.2, 0) is 0 Å². The summed E-state index contributed by atoms with van der Waals surface area (Å²) in [6.45, 7) is 8.72. The van der Waals surface area contributed by atoms with Gasteiger partial charge in [-0.1, -0.05) is 57.1 Å². The van der Waals surface area contributed by atoms with Crippen molar-refractivity contribution < 1.29 is 0 Å². The van der Waals surface area contributed by atoms with Crippen LogP contribution in [0.4, 0.5) is 0 Å². The third-order valence-electron chi connectivity index (χ3n) is 2.45. The van der Waals surface area contributed by atoms with E-state index in [4.69, 9.17) is 0 Å². The van der Waals surface area contributed by atoms with Crippen molar-refractivity contribution in [3.8, 4) is 0 Å². The van der Waals surface area contributed by atoms with Crippen LogP contribution in [0.5, 0.6) is 0 Å². The van der Waals surface area contributed by atoms with Crippen LogP contribution in [0.15, 0.2) is 12.7 Å². The Kier molecular flexibility index (Phi) is 3.28. The van der Waals surface area contributed by atoms with E-state index in [2.05, 4.69) is 57.6 Å². The van der Waals surface area contributed by atoms with Crippen LogP contribution in [0.3, 0.4) is 0 Å². The first-order valence-corrected chi connectivity index (χ1v) is 9.36. The largest absolute Gasteiger partial charge is 0.103 e. The van der Waals surface area contributed by atoms with Crippen molar-refractivity contribution in [1.29, 1.82) is 0 Å². The van der Waals surface area contributed by atoms with Crippen LogP contribution in [-0.4, -0.2) is 11.3 Å². The lowest BCUT2D eigenvalue weighted by Gasteiger charge is -2.20. The maximum absolute atomic E-state index is 3.82. The summed E-state index contributed by atoms with van der Waals surface area (Å²) in [5.41, 5.74) is 0. The highest BCUT2D eigenvalue weighted by atomic mass is 79.9. The molecule has 0 unspecified atom stereocenters. The second kappa shape index (κ2) is 3.58. The molecule has 1 aliphatic rings. The Labute approximate surface area is 93.1 Å². The van der Waals surface area contributed by atoms with E-state index >= 15 is 0 Å². The van der Waals surface area contributed by atoms with Gasteiger partial charge in [-0.25, -0.2) is 0 Å². The Hall–Kier alpha value is 0.917. The van der Waals surface area contributed by atoms with Crippen LogP contribution < -0.4 is 0 Å². The highest BCUT2D eigenvalue weighted by molar-refractivity contribution is 9.25. The zero-order valence-corrected chi connectivity index (χ0v) is 11.9. The van der Waals surface area contributed by atoms with E-state index in [0.717, 1.165) is 5.92 Å². The Balaban J connectivity index is 2.36. The minimum absolute atomic E-state index is 0.297. The number of rotatable bonds is 4. The van der Waals surface area contributed by atoms with E-state index in [9.17, 15) is 0 Å². The molecule has 0 radical (unpaired) electrons. The van der Waals surface area contributed by atoms with E-state index < -0.39 is 8.07 Å².